The summed E-state index contributed by atoms with van der Waals surface area (Å²) in [5.41, 5.74) is 12.3. The lowest BCUT2D eigenvalue weighted by atomic mass is 10.0. The van der Waals surface area contributed by atoms with Crippen LogP contribution in [0.4, 0.5) is 0 Å². The van der Waals surface area contributed by atoms with Crippen LogP contribution in [0.3, 0.4) is 0 Å². The molecule has 0 radical (unpaired) electrons. The number of rotatable bonds is 18. The molecule has 5 heterocycles. The quantitative estimate of drug-likeness (QED) is 0.0395. The number of fused-ring (bicyclic) bond motifs is 8. The van der Waals surface area contributed by atoms with E-state index in [0.29, 0.717) is 39.8 Å². The minimum Gasteiger partial charge on any atom is -0.463 e. The second-order valence-electron chi connectivity index (χ2n) is 17.8. The SMILES string of the molecule is C[C@@H](CO)OC(Oc1cccc(-c2c3nc(c(-c4ccccc4)c4ccc([nH]4)c(-c4cccc(O[C@H](O)CO)c4)c4nc(c(-c5ccccc5)c5ccc2[nH]5)C=C4)C=C3)c1)C(O)[C@H](O)CO.C[C@H](O)C(CO)CO. The number of benzene rings is 4. The largest absolute Gasteiger partial charge is 0.463 e. The molecule has 6 atom stereocenters. The second-order valence-corrected chi connectivity index (χ2v) is 17.8. The van der Waals surface area contributed by atoms with E-state index in [-0.39, 0.29) is 25.7 Å². The number of aromatic amines is 2. The Labute approximate surface area is 427 Å². The van der Waals surface area contributed by atoms with Crippen molar-refractivity contribution >= 4 is 46.4 Å². The fraction of sp³-hybridized carbons (Fsp3) is 0.241. The fourth-order valence-electron chi connectivity index (χ4n) is 8.51. The third-order valence-corrected chi connectivity index (χ3v) is 12.4. The maximum Gasteiger partial charge on any atom is 0.229 e. The van der Waals surface area contributed by atoms with E-state index in [2.05, 4.69) is 9.97 Å². The summed E-state index contributed by atoms with van der Waals surface area (Å²) in [6.07, 6.45) is 0.538. The van der Waals surface area contributed by atoms with Crippen molar-refractivity contribution in [2.75, 3.05) is 33.0 Å². The molecule has 0 aliphatic carbocycles. The van der Waals surface area contributed by atoms with Gasteiger partial charge in [0.05, 0.1) is 61.4 Å². The molecule has 2 unspecified atom stereocenters. The second kappa shape index (κ2) is 24.6. The number of aliphatic hydroxyl groups excluding tert-OH is 9. The molecule has 2 aliphatic rings. The number of nitrogens with zero attached hydrogens (tertiary/aromatic N) is 2. The highest BCUT2D eigenvalue weighted by molar-refractivity contribution is 6.00. The van der Waals surface area contributed by atoms with Crippen LogP contribution in [0.2, 0.25) is 0 Å². The molecule has 7 aromatic rings. The van der Waals surface area contributed by atoms with Gasteiger partial charge in [-0.1, -0.05) is 84.9 Å². The zero-order valence-electron chi connectivity index (χ0n) is 40.7. The average molecular weight is 1010 g/mol. The van der Waals surface area contributed by atoms with Gasteiger partial charge in [-0.05, 0) is 109 Å². The Morgan fingerprint density at radius 2 is 0.851 bits per heavy atom. The first-order valence-electron chi connectivity index (χ1n) is 24.2. The lowest BCUT2D eigenvalue weighted by Gasteiger charge is -2.28. The molecule has 74 heavy (non-hydrogen) atoms. The van der Waals surface area contributed by atoms with Crippen molar-refractivity contribution in [3.63, 3.8) is 0 Å². The lowest BCUT2D eigenvalue weighted by Crippen LogP contribution is -2.46. The Kier molecular flexibility index (Phi) is 17.6. The zero-order chi connectivity index (χ0) is 52.3. The Hall–Kier alpha value is -7.32. The summed E-state index contributed by atoms with van der Waals surface area (Å²) in [6, 6.07) is 42.5. The molecule has 16 heteroatoms. The molecule has 4 aromatic carbocycles. The molecular formula is C58H60N4O12. The summed E-state index contributed by atoms with van der Waals surface area (Å²) in [7, 11) is 0. The predicted molar refractivity (Wildman–Crippen MR) is 285 cm³/mol. The van der Waals surface area contributed by atoms with Gasteiger partial charge in [-0.25, -0.2) is 9.97 Å². The summed E-state index contributed by atoms with van der Waals surface area (Å²) in [5.74, 6) is 0.286. The highest BCUT2D eigenvalue weighted by atomic mass is 16.7. The van der Waals surface area contributed by atoms with Crippen LogP contribution in [0.25, 0.3) is 90.9 Å². The monoisotopic (exact) mass is 1000 g/mol. The van der Waals surface area contributed by atoms with Crippen LogP contribution >= 0.6 is 0 Å². The molecule has 0 spiro atoms. The van der Waals surface area contributed by atoms with Crippen LogP contribution < -0.4 is 9.47 Å². The molecule has 3 aromatic heterocycles. The first kappa shape index (κ1) is 53.0. The van der Waals surface area contributed by atoms with E-state index in [9.17, 15) is 30.6 Å². The van der Waals surface area contributed by atoms with Crippen LogP contribution in [0.15, 0.2) is 133 Å². The van der Waals surface area contributed by atoms with Gasteiger partial charge in [-0.15, -0.1) is 0 Å². The molecule has 2 aliphatic heterocycles. The highest BCUT2D eigenvalue weighted by Gasteiger charge is 2.31. The van der Waals surface area contributed by atoms with E-state index < -0.39 is 50.2 Å². The predicted octanol–water partition coefficient (Wildman–Crippen LogP) is 6.80. The zero-order valence-corrected chi connectivity index (χ0v) is 40.7. The topological polar surface area (TPSA) is 267 Å². The third-order valence-electron chi connectivity index (χ3n) is 12.4. The van der Waals surface area contributed by atoms with Gasteiger partial charge in [-0.3, -0.25) is 0 Å². The smallest absolute Gasteiger partial charge is 0.229 e. The van der Waals surface area contributed by atoms with Crippen molar-refractivity contribution in [3.05, 3.63) is 156 Å². The minimum absolute atomic E-state index is 0.159. The van der Waals surface area contributed by atoms with Crippen molar-refractivity contribution in [3.8, 4) is 56.0 Å². The van der Waals surface area contributed by atoms with Crippen LogP contribution in [-0.4, -0.2) is 136 Å². The Bertz CT molecular complexity index is 3190. The molecule has 0 amide bonds. The molecule has 11 N–H and O–H groups in total. The standard InChI is InChI=1S/C53H48N4O9.C5H12O3/c1-31(28-58)64-53(52(63)46(61)29-59)66-37-17-9-15-35(27-37)51-44-24-20-40(56-44)48(32-10-4-2-5-11-32)38-18-22-42(54-38)50(34-14-8-16-36(26-34)65-47(62)30-60)43-23-19-39(55-43)49(33-12-6-3-7-13-33)41-21-25-45(51)57-41;1-4(8)5(2-6)3-7/h2-27,31,46-47,52-54,57-63H,28-30H2,1H3;4-8H,2-3H2,1H3/t31-,46+,47-,52?,53?;4-/m00/s1. The summed E-state index contributed by atoms with van der Waals surface area (Å²) in [5, 5.41) is 85.8. The number of ether oxygens (including phenoxy) is 3. The minimum atomic E-state index is -1.63. The molecule has 384 valence electrons. The van der Waals surface area contributed by atoms with Crippen molar-refractivity contribution in [1.29, 1.82) is 0 Å². The van der Waals surface area contributed by atoms with E-state index in [4.69, 9.17) is 39.5 Å². The van der Waals surface area contributed by atoms with Gasteiger partial charge in [0, 0.05) is 50.2 Å². The summed E-state index contributed by atoms with van der Waals surface area (Å²) in [4.78, 5) is 18.1. The first-order valence-corrected chi connectivity index (χ1v) is 24.2. The van der Waals surface area contributed by atoms with Gasteiger partial charge in [0.25, 0.3) is 0 Å². The van der Waals surface area contributed by atoms with Crippen LogP contribution in [0.5, 0.6) is 11.5 Å². The summed E-state index contributed by atoms with van der Waals surface area (Å²) < 4.78 is 17.6. The maximum absolute atomic E-state index is 10.9. The third kappa shape index (κ3) is 12.2. The van der Waals surface area contributed by atoms with Crippen LogP contribution in [-0.2, 0) is 4.74 Å². The number of H-pyrrole nitrogens is 2. The fourth-order valence-corrected chi connectivity index (χ4v) is 8.51. The first-order chi connectivity index (χ1) is 35.9. The van der Waals surface area contributed by atoms with Crippen LogP contribution in [0.1, 0.15) is 36.6 Å². The van der Waals surface area contributed by atoms with E-state index in [1.165, 1.54) is 6.92 Å². The maximum atomic E-state index is 10.9. The molecule has 9 rings (SSSR count). The van der Waals surface area contributed by atoms with Crippen LogP contribution in [0, 0.1) is 5.92 Å². The Balaban J connectivity index is 0.000000842. The number of aromatic nitrogens is 4. The highest BCUT2D eigenvalue weighted by Crippen LogP contribution is 2.39. The van der Waals surface area contributed by atoms with Gasteiger partial charge in [-0.2, -0.15) is 0 Å². The van der Waals surface area contributed by atoms with Crippen molar-refractivity contribution < 1.29 is 60.2 Å². The molecule has 0 saturated heterocycles. The molecule has 8 bridgehead atoms. The molecular weight excluding hydrogens is 945 g/mol. The average Bonchev–Trinajstić information content (AvgIpc) is 4.28. The normalized spacial score (nSPS) is 14.4. The van der Waals surface area contributed by atoms with Crippen molar-refractivity contribution in [1.82, 2.24) is 19.9 Å². The number of aliphatic hydroxyl groups is 9. The van der Waals surface area contributed by atoms with Gasteiger partial charge in [0.2, 0.25) is 12.6 Å². The molecule has 16 nitrogen and oxygen atoms in total. The Morgan fingerprint density at radius 1 is 0.446 bits per heavy atom. The summed E-state index contributed by atoms with van der Waals surface area (Å²) in [6.45, 7) is 1.16. The number of nitrogens with one attached hydrogen (secondary N) is 2. The van der Waals surface area contributed by atoms with E-state index in [1.807, 2.05) is 133 Å². The molecule has 0 saturated carbocycles. The Morgan fingerprint density at radius 3 is 1.22 bits per heavy atom. The van der Waals surface area contributed by atoms with Gasteiger partial charge < -0.3 is 70.1 Å². The van der Waals surface area contributed by atoms with Crippen molar-refractivity contribution in [2.45, 2.75) is 50.8 Å². The number of hydrogen-bond donors (Lipinski definition) is 11. The lowest BCUT2D eigenvalue weighted by molar-refractivity contribution is -0.201. The van der Waals surface area contributed by atoms with Gasteiger partial charge in [0.1, 0.15) is 30.3 Å². The van der Waals surface area contributed by atoms with E-state index in [0.717, 1.165) is 61.0 Å². The van der Waals surface area contributed by atoms with Crippen molar-refractivity contribution in [2.24, 2.45) is 5.92 Å². The van der Waals surface area contributed by atoms with Gasteiger partial charge in [0.15, 0.2) is 0 Å². The van der Waals surface area contributed by atoms with E-state index >= 15 is 0 Å². The van der Waals surface area contributed by atoms with E-state index in [1.54, 1.807) is 31.2 Å². The summed E-state index contributed by atoms with van der Waals surface area (Å²) >= 11 is 0. The number of hydrogen-bond acceptors (Lipinski definition) is 14. The van der Waals surface area contributed by atoms with Gasteiger partial charge >= 0.3 is 0 Å². The molecule has 0 fully saturated rings.